The van der Waals surface area contributed by atoms with E-state index in [0.29, 0.717) is 12.1 Å². The second-order valence-corrected chi connectivity index (χ2v) is 7.40. The Kier molecular flexibility index (Phi) is 6.11. The summed E-state index contributed by atoms with van der Waals surface area (Å²) in [7, 11) is 0. The predicted molar refractivity (Wildman–Crippen MR) is 104 cm³/mol. The number of nitrogens with zero attached hydrogens (tertiary/aromatic N) is 3. The Balaban J connectivity index is 1.75. The number of hydrogen-bond acceptors (Lipinski definition) is 5. The molecule has 0 spiro atoms. The summed E-state index contributed by atoms with van der Waals surface area (Å²) in [5.41, 5.74) is 8.00. The molecule has 1 heterocycles. The Morgan fingerprint density at radius 1 is 1.26 bits per heavy atom. The van der Waals surface area contributed by atoms with Gasteiger partial charge in [0.05, 0.1) is 17.5 Å². The van der Waals surface area contributed by atoms with E-state index >= 15 is 0 Å². The van der Waals surface area contributed by atoms with Gasteiger partial charge in [-0.2, -0.15) is 0 Å². The molecule has 0 bridgehead atoms. The lowest BCUT2D eigenvalue weighted by molar-refractivity contribution is 0.0919. The number of ether oxygens (including phenoxy) is 1. The highest BCUT2D eigenvalue weighted by Crippen LogP contribution is 2.20. The monoisotopic (exact) mass is 371 g/mol. The molecule has 1 aliphatic carbocycles. The molecule has 1 aromatic heterocycles. The molecule has 1 aliphatic rings. The highest BCUT2D eigenvalue weighted by molar-refractivity contribution is 5.93. The molecule has 1 fully saturated rings. The molecule has 1 aromatic carbocycles. The zero-order valence-corrected chi connectivity index (χ0v) is 16.3. The number of carbonyl (C=O) groups is 1. The molecule has 27 heavy (non-hydrogen) atoms. The topological polar surface area (TPSA) is 95.1 Å². The number of amides is 1. The smallest absolute Gasteiger partial charge is 0.273 e. The maximum absolute atomic E-state index is 12.7. The minimum atomic E-state index is -0.154. The van der Waals surface area contributed by atoms with Gasteiger partial charge in [-0.15, -0.1) is 5.10 Å². The fourth-order valence-electron chi connectivity index (χ4n) is 3.46. The summed E-state index contributed by atoms with van der Waals surface area (Å²) in [5.74, 6) is 0.652. The minimum absolute atomic E-state index is 0.123. The summed E-state index contributed by atoms with van der Waals surface area (Å²) in [6, 6.07) is 8.08. The first-order valence-corrected chi connectivity index (χ1v) is 9.76. The molecule has 1 amide bonds. The molecule has 0 aliphatic heterocycles. The van der Waals surface area contributed by atoms with Crippen molar-refractivity contribution >= 4 is 5.91 Å². The molecule has 2 aromatic rings. The van der Waals surface area contributed by atoms with Crippen LogP contribution in [0.2, 0.25) is 0 Å². The lowest BCUT2D eigenvalue weighted by Crippen LogP contribution is -2.40. The molecule has 0 radical (unpaired) electrons. The van der Waals surface area contributed by atoms with Gasteiger partial charge in [0.1, 0.15) is 5.75 Å². The second kappa shape index (κ2) is 8.52. The Hall–Kier alpha value is -2.41. The predicted octanol–water partition coefficient (Wildman–Crippen LogP) is 2.62. The van der Waals surface area contributed by atoms with Crippen molar-refractivity contribution in [3.05, 3.63) is 35.7 Å². The van der Waals surface area contributed by atoms with Crippen LogP contribution in [0.25, 0.3) is 5.69 Å². The molecule has 146 valence electrons. The van der Waals surface area contributed by atoms with E-state index in [-0.39, 0.29) is 24.1 Å². The number of rotatable bonds is 6. The van der Waals surface area contributed by atoms with E-state index in [0.717, 1.165) is 42.8 Å². The molecule has 7 nitrogen and oxygen atoms in total. The first-order chi connectivity index (χ1) is 13.0. The van der Waals surface area contributed by atoms with Crippen LogP contribution in [0.3, 0.4) is 0 Å². The van der Waals surface area contributed by atoms with E-state index < -0.39 is 0 Å². The summed E-state index contributed by atoms with van der Waals surface area (Å²) in [6.45, 7) is 5.98. The van der Waals surface area contributed by atoms with Gasteiger partial charge in [0.25, 0.3) is 5.91 Å². The van der Waals surface area contributed by atoms with Gasteiger partial charge in [-0.05, 0) is 70.2 Å². The number of nitrogens with two attached hydrogens (primary N) is 1. The second-order valence-electron chi connectivity index (χ2n) is 7.40. The third kappa shape index (κ3) is 4.66. The van der Waals surface area contributed by atoms with E-state index in [1.165, 1.54) is 0 Å². The highest BCUT2D eigenvalue weighted by atomic mass is 16.5. The molecule has 0 saturated heterocycles. The molecule has 3 N–H and O–H groups in total. The SMILES string of the molecule is CCc1c(C(=O)NC2CCC(N)CC2)nnn1-c1ccc(OC(C)C)cc1. The van der Waals surface area contributed by atoms with E-state index in [9.17, 15) is 4.79 Å². The van der Waals surface area contributed by atoms with Crippen molar-refractivity contribution in [3.8, 4) is 11.4 Å². The zero-order valence-electron chi connectivity index (χ0n) is 16.3. The summed E-state index contributed by atoms with van der Waals surface area (Å²) in [4.78, 5) is 12.7. The Bertz CT molecular complexity index is 761. The lowest BCUT2D eigenvalue weighted by Gasteiger charge is -2.26. The third-order valence-corrected chi connectivity index (χ3v) is 4.87. The van der Waals surface area contributed by atoms with Crippen LogP contribution in [-0.4, -0.2) is 39.1 Å². The van der Waals surface area contributed by atoms with Crippen molar-refractivity contribution in [3.63, 3.8) is 0 Å². The Morgan fingerprint density at radius 3 is 2.52 bits per heavy atom. The van der Waals surface area contributed by atoms with Gasteiger partial charge in [-0.1, -0.05) is 12.1 Å². The molecular formula is C20H29N5O2. The summed E-state index contributed by atoms with van der Waals surface area (Å²) in [6.07, 6.45) is 4.51. The van der Waals surface area contributed by atoms with Crippen LogP contribution in [0.1, 0.15) is 62.6 Å². The van der Waals surface area contributed by atoms with E-state index in [4.69, 9.17) is 10.5 Å². The quantitative estimate of drug-likeness (QED) is 0.814. The normalized spacial score (nSPS) is 19.9. The minimum Gasteiger partial charge on any atom is -0.491 e. The highest BCUT2D eigenvalue weighted by Gasteiger charge is 2.24. The fraction of sp³-hybridized carbons (Fsp3) is 0.550. The van der Waals surface area contributed by atoms with E-state index in [1.54, 1.807) is 4.68 Å². The lowest BCUT2D eigenvalue weighted by atomic mass is 9.92. The standard InChI is InChI=1S/C20H29N5O2/c1-4-18-19(20(26)22-15-7-5-14(21)6-8-15)23-24-25(18)16-9-11-17(12-10-16)27-13(2)3/h9-15H,4-8,21H2,1-3H3,(H,22,26). The van der Waals surface area contributed by atoms with Crippen LogP contribution in [0.15, 0.2) is 24.3 Å². The average Bonchev–Trinajstić information content (AvgIpc) is 3.08. The number of carbonyl (C=O) groups excluding carboxylic acids is 1. The van der Waals surface area contributed by atoms with Gasteiger partial charge in [0.2, 0.25) is 0 Å². The molecule has 0 unspecified atom stereocenters. The van der Waals surface area contributed by atoms with Crippen LogP contribution in [0.5, 0.6) is 5.75 Å². The number of hydrogen-bond donors (Lipinski definition) is 2. The summed E-state index contributed by atoms with van der Waals surface area (Å²) < 4.78 is 7.41. The van der Waals surface area contributed by atoms with Crippen molar-refractivity contribution in [2.75, 3.05) is 0 Å². The maximum Gasteiger partial charge on any atom is 0.273 e. The molecule has 1 saturated carbocycles. The van der Waals surface area contributed by atoms with E-state index in [1.807, 2.05) is 45.0 Å². The molecule has 0 atom stereocenters. The Labute approximate surface area is 160 Å². The number of nitrogens with one attached hydrogen (secondary N) is 1. The van der Waals surface area contributed by atoms with Crippen LogP contribution in [0, 0.1) is 0 Å². The van der Waals surface area contributed by atoms with E-state index in [2.05, 4.69) is 15.6 Å². The van der Waals surface area contributed by atoms with Crippen molar-refractivity contribution in [2.24, 2.45) is 5.73 Å². The third-order valence-electron chi connectivity index (χ3n) is 4.87. The van der Waals surface area contributed by atoms with Crippen molar-refractivity contribution in [1.82, 2.24) is 20.3 Å². The van der Waals surface area contributed by atoms with Crippen molar-refractivity contribution in [2.45, 2.75) is 71.1 Å². The molecule has 7 heteroatoms. The van der Waals surface area contributed by atoms with Gasteiger partial charge < -0.3 is 15.8 Å². The van der Waals surface area contributed by atoms with Gasteiger partial charge in [0, 0.05) is 12.1 Å². The first kappa shape index (κ1) is 19.4. The van der Waals surface area contributed by atoms with Crippen LogP contribution in [0.4, 0.5) is 0 Å². The molecular weight excluding hydrogens is 342 g/mol. The van der Waals surface area contributed by atoms with Crippen molar-refractivity contribution in [1.29, 1.82) is 0 Å². The van der Waals surface area contributed by atoms with Crippen LogP contribution < -0.4 is 15.8 Å². The van der Waals surface area contributed by atoms with Crippen LogP contribution >= 0.6 is 0 Å². The first-order valence-electron chi connectivity index (χ1n) is 9.76. The fourth-order valence-corrected chi connectivity index (χ4v) is 3.46. The van der Waals surface area contributed by atoms with Crippen molar-refractivity contribution < 1.29 is 9.53 Å². The maximum atomic E-state index is 12.7. The zero-order chi connectivity index (χ0) is 19.4. The van der Waals surface area contributed by atoms with Gasteiger partial charge >= 0.3 is 0 Å². The van der Waals surface area contributed by atoms with Gasteiger partial charge in [-0.25, -0.2) is 4.68 Å². The number of benzene rings is 1. The summed E-state index contributed by atoms with van der Waals surface area (Å²) in [5, 5.41) is 11.5. The van der Waals surface area contributed by atoms with Gasteiger partial charge in [0.15, 0.2) is 5.69 Å². The Morgan fingerprint density at radius 2 is 1.93 bits per heavy atom. The van der Waals surface area contributed by atoms with Gasteiger partial charge in [-0.3, -0.25) is 4.79 Å². The van der Waals surface area contributed by atoms with Crippen LogP contribution in [-0.2, 0) is 6.42 Å². The average molecular weight is 371 g/mol. The summed E-state index contributed by atoms with van der Waals surface area (Å²) >= 11 is 0. The largest absolute Gasteiger partial charge is 0.491 e. The molecule has 3 rings (SSSR count). The number of aromatic nitrogens is 3.